The first-order chi connectivity index (χ1) is 4.66. The molecule has 0 spiro atoms. The molecule has 0 aromatic rings. The maximum atomic E-state index is 10.0. The molecule has 3 N–H and O–H groups in total. The van der Waals surface area contributed by atoms with E-state index in [0.29, 0.717) is 12.5 Å². The van der Waals surface area contributed by atoms with E-state index in [1.807, 2.05) is 6.92 Å². The molecule has 60 valence electrons. The molecule has 0 radical (unpaired) electrons. The van der Waals surface area contributed by atoms with Crippen LogP contribution in [0.15, 0.2) is 0 Å². The number of nitrogens with two attached hydrogens (primary N) is 1. The van der Waals surface area contributed by atoms with E-state index in [2.05, 4.69) is 0 Å². The second kappa shape index (κ2) is 5.56. The summed E-state index contributed by atoms with van der Waals surface area (Å²) in [5.41, 5.74) is 5.33. The standard InChI is InChI=1S/C6H13NO2S/c1-5(2-7)3-10-4-6(8)9/h5H,2-4,7H2,1H3,(H,8,9). The summed E-state index contributed by atoms with van der Waals surface area (Å²) in [6.07, 6.45) is 0. The van der Waals surface area contributed by atoms with E-state index in [9.17, 15) is 4.79 Å². The molecule has 0 fully saturated rings. The SMILES string of the molecule is CC(CN)CSCC(=O)O. The Bertz CT molecular complexity index is 108. The van der Waals surface area contributed by atoms with Crippen LogP contribution in [0.25, 0.3) is 0 Å². The highest BCUT2D eigenvalue weighted by molar-refractivity contribution is 7.99. The Morgan fingerprint density at radius 3 is 2.80 bits per heavy atom. The smallest absolute Gasteiger partial charge is 0.313 e. The van der Waals surface area contributed by atoms with Gasteiger partial charge in [0.25, 0.3) is 0 Å². The molecular weight excluding hydrogens is 150 g/mol. The minimum absolute atomic E-state index is 0.185. The van der Waals surface area contributed by atoms with E-state index in [0.717, 1.165) is 5.75 Å². The number of carbonyl (C=O) groups is 1. The molecule has 0 amide bonds. The zero-order valence-corrected chi connectivity index (χ0v) is 6.86. The molecule has 1 unspecified atom stereocenters. The maximum Gasteiger partial charge on any atom is 0.313 e. The molecule has 0 saturated heterocycles. The van der Waals surface area contributed by atoms with Crippen LogP contribution in [0.2, 0.25) is 0 Å². The van der Waals surface area contributed by atoms with E-state index in [1.165, 1.54) is 11.8 Å². The second-order valence-corrected chi connectivity index (χ2v) is 3.28. The summed E-state index contributed by atoms with van der Waals surface area (Å²) in [6.45, 7) is 2.64. The van der Waals surface area contributed by atoms with Gasteiger partial charge in [0, 0.05) is 0 Å². The van der Waals surface area contributed by atoms with Gasteiger partial charge in [0.15, 0.2) is 0 Å². The number of hydrogen-bond acceptors (Lipinski definition) is 3. The van der Waals surface area contributed by atoms with E-state index in [1.54, 1.807) is 0 Å². The van der Waals surface area contributed by atoms with Gasteiger partial charge in [-0.25, -0.2) is 0 Å². The lowest BCUT2D eigenvalue weighted by atomic mass is 10.2. The van der Waals surface area contributed by atoms with Gasteiger partial charge in [0.1, 0.15) is 0 Å². The monoisotopic (exact) mass is 163 g/mol. The summed E-state index contributed by atoms with van der Waals surface area (Å²) < 4.78 is 0. The summed E-state index contributed by atoms with van der Waals surface area (Å²) in [7, 11) is 0. The molecule has 0 saturated carbocycles. The van der Waals surface area contributed by atoms with Gasteiger partial charge in [-0.3, -0.25) is 4.79 Å². The van der Waals surface area contributed by atoms with Crippen LogP contribution in [-0.4, -0.2) is 29.1 Å². The molecule has 0 bridgehead atoms. The third kappa shape index (κ3) is 5.91. The molecule has 4 heteroatoms. The summed E-state index contributed by atoms with van der Waals surface area (Å²) >= 11 is 1.41. The fraction of sp³-hybridized carbons (Fsp3) is 0.833. The maximum absolute atomic E-state index is 10.0. The minimum atomic E-state index is -0.755. The first-order valence-corrected chi connectivity index (χ1v) is 4.32. The predicted octanol–water partition coefficient (Wildman–Crippen LogP) is 0.399. The lowest BCUT2D eigenvalue weighted by Crippen LogP contribution is -2.13. The zero-order valence-electron chi connectivity index (χ0n) is 6.04. The average molecular weight is 163 g/mol. The normalized spacial score (nSPS) is 13.0. The molecule has 0 aromatic carbocycles. The average Bonchev–Trinajstić information content (AvgIpc) is 1.87. The topological polar surface area (TPSA) is 63.3 Å². The number of rotatable bonds is 5. The van der Waals surface area contributed by atoms with Crippen molar-refractivity contribution in [1.29, 1.82) is 0 Å². The first kappa shape index (κ1) is 9.78. The predicted molar refractivity (Wildman–Crippen MR) is 43.2 cm³/mol. The van der Waals surface area contributed by atoms with Gasteiger partial charge < -0.3 is 10.8 Å². The molecular formula is C6H13NO2S. The second-order valence-electron chi connectivity index (χ2n) is 2.25. The van der Waals surface area contributed by atoms with E-state index >= 15 is 0 Å². The third-order valence-corrected chi connectivity index (χ3v) is 2.29. The van der Waals surface area contributed by atoms with Crippen molar-refractivity contribution < 1.29 is 9.90 Å². The molecule has 0 rings (SSSR count). The first-order valence-electron chi connectivity index (χ1n) is 3.16. The van der Waals surface area contributed by atoms with Gasteiger partial charge in [0.05, 0.1) is 5.75 Å². The number of hydrogen-bond donors (Lipinski definition) is 2. The lowest BCUT2D eigenvalue weighted by molar-refractivity contribution is -0.133. The molecule has 0 aliphatic carbocycles. The summed E-state index contributed by atoms with van der Waals surface area (Å²) in [6, 6.07) is 0. The highest BCUT2D eigenvalue weighted by atomic mass is 32.2. The molecule has 0 aromatic heterocycles. The molecule has 0 aliphatic rings. The van der Waals surface area contributed by atoms with Crippen molar-refractivity contribution in [3.63, 3.8) is 0 Å². The largest absolute Gasteiger partial charge is 0.481 e. The van der Waals surface area contributed by atoms with E-state index in [4.69, 9.17) is 10.8 Å². The fourth-order valence-corrected chi connectivity index (χ4v) is 1.25. The van der Waals surface area contributed by atoms with Crippen LogP contribution < -0.4 is 5.73 Å². The number of carboxylic acid groups (broad SMARTS) is 1. The Morgan fingerprint density at radius 2 is 2.40 bits per heavy atom. The molecule has 0 heterocycles. The zero-order chi connectivity index (χ0) is 7.98. The fourth-order valence-electron chi connectivity index (χ4n) is 0.415. The molecule has 1 atom stereocenters. The van der Waals surface area contributed by atoms with Crippen molar-refractivity contribution in [1.82, 2.24) is 0 Å². The van der Waals surface area contributed by atoms with Gasteiger partial charge in [-0.1, -0.05) is 6.92 Å². The molecule has 0 aliphatic heterocycles. The van der Waals surface area contributed by atoms with Gasteiger partial charge in [-0.15, -0.1) is 11.8 Å². The van der Waals surface area contributed by atoms with Gasteiger partial charge >= 0.3 is 5.97 Å². The minimum Gasteiger partial charge on any atom is -0.481 e. The summed E-state index contributed by atoms with van der Waals surface area (Å²) in [5.74, 6) is 0.686. The van der Waals surface area contributed by atoms with Crippen LogP contribution in [0, 0.1) is 5.92 Å². The van der Waals surface area contributed by atoms with Crippen LogP contribution in [0.1, 0.15) is 6.92 Å². The van der Waals surface area contributed by atoms with Crippen LogP contribution >= 0.6 is 11.8 Å². The van der Waals surface area contributed by atoms with Crippen molar-refractivity contribution >= 4 is 17.7 Å². The summed E-state index contributed by atoms with van der Waals surface area (Å²) in [5, 5.41) is 8.25. The highest BCUT2D eigenvalue weighted by Crippen LogP contribution is 2.05. The van der Waals surface area contributed by atoms with Gasteiger partial charge in [-0.2, -0.15) is 0 Å². The third-order valence-electron chi connectivity index (χ3n) is 1.03. The van der Waals surface area contributed by atoms with Crippen LogP contribution in [0.4, 0.5) is 0 Å². The van der Waals surface area contributed by atoms with Gasteiger partial charge in [-0.05, 0) is 18.2 Å². The summed E-state index contributed by atoms with van der Waals surface area (Å²) in [4.78, 5) is 10.0. The lowest BCUT2D eigenvalue weighted by Gasteiger charge is -2.04. The Hall–Kier alpha value is -0.220. The Balaban J connectivity index is 3.11. The number of carboxylic acids is 1. The van der Waals surface area contributed by atoms with Crippen molar-refractivity contribution in [2.24, 2.45) is 11.7 Å². The molecule has 3 nitrogen and oxygen atoms in total. The quantitative estimate of drug-likeness (QED) is 0.615. The van der Waals surface area contributed by atoms with E-state index < -0.39 is 5.97 Å². The van der Waals surface area contributed by atoms with Crippen molar-refractivity contribution in [2.75, 3.05) is 18.1 Å². The van der Waals surface area contributed by atoms with Crippen molar-refractivity contribution in [3.05, 3.63) is 0 Å². The Morgan fingerprint density at radius 1 is 1.80 bits per heavy atom. The van der Waals surface area contributed by atoms with Crippen LogP contribution in [0.5, 0.6) is 0 Å². The number of aliphatic carboxylic acids is 1. The highest BCUT2D eigenvalue weighted by Gasteiger charge is 2.01. The Labute approximate surface area is 65.0 Å². The van der Waals surface area contributed by atoms with Crippen LogP contribution in [-0.2, 0) is 4.79 Å². The molecule has 10 heavy (non-hydrogen) atoms. The van der Waals surface area contributed by atoms with E-state index in [-0.39, 0.29) is 5.75 Å². The van der Waals surface area contributed by atoms with Crippen LogP contribution in [0.3, 0.4) is 0 Å². The Kier molecular flexibility index (Phi) is 5.43. The number of thioether (sulfide) groups is 1. The van der Waals surface area contributed by atoms with Crippen molar-refractivity contribution in [2.45, 2.75) is 6.92 Å². The van der Waals surface area contributed by atoms with Gasteiger partial charge in [0.2, 0.25) is 0 Å². The van der Waals surface area contributed by atoms with Crippen molar-refractivity contribution in [3.8, 4) is 0 Å².